The average molecular weight is 312 g/mol. The van der Waals surface area contributed by atoms with Crippen LogP contribution in [-0.2, 0) is 11.3 Å². The predicted molar refractivity (Wildman–Crippen MR) is 86.9 cm³/mol. The molecule has 118 valence electrons. The van der Waals surface area contributed by atoms with Crippen LogP contribution >= 0.6 is 0 Å². The molecule has 0 saturated carbocycles. The third-order valence-corrected chi connectivity index (χ3v) is 4.27. The van der Waals surface area contributed by atoms with Gasteiger partial charge < -0.3 is 15.1 Å². The summed E-state index contributed by atoms with van der Waals surface area (Å²) in [5, 5.41) is 0.760. The van der Waals surface area contributed by atoms with Crippen LogP contribution in [0.15, 0.2) is 40.2 Å². The number of rotatable bonds is 2. The monoisotopic (exact) mass is 312 g/mol. The zero-order chi connectivity index (χ0) is 16.0. The van der Waals surface area contributed by atoms with Crippen molar-refractivity contribution in [1.82, 2.24) is 14.2 Å². The third-order valence-electron chi connectivity index (χ3n) is 4.27. The topological polar surface area (TPSA) is 92.1 Å². The van der Waals surface area contributed by atoms with Gasteiger partial charge in [0.15, 0.2) is 0 Å². The van der Waals surface area contributed by atoms with Crippen LogP contribution in [0.1, 0.15) is 12.8 Å². The highest BCUT2D eigenvalue weighted by Crippen LogP contribution is 2.16. The summed E-state index contributed by atoms with van der Waals surface area (Å²) in [4.78, 5) is 29.2. The second-order valence-electron chi connectivity index (χ2n) is 5.79. The molecule has 4 heterocycles. The average Bonchev–Trinajstić information content (AvgIpc) is 3.06. The first kappa shape index (κ1) is 14.0. The van der Waals surface area contributed by atoms with Crippen LogP contribution in [0.25, 0.3) is 21.8 Å². The largest absolute Gasteiger partial charge is 0.376 e. The first-order valence-electron chi connectivity index (χ1n) is 7.56. The number of aromatic nitrogens is 3. The van der Waals surface area contributed by atoms with Crippen LogP contribution in [0, 0.1) is 0 Å². The standard InChI is InChI=1S/C16H16N4O3/c17-20-6-4-14-12(16(20)22)8-11-13(18-14)3-5-19(15(11)21)9-10-2-1-7-23-10/h3-6,8,10H,1-2,7,9,17H2. The quantitative estimate of drug-likeness (QED) is 0.553. The molecule has 4 rings (SSSR count). The van der Waals surface area contributed by atoms with Crippen LogP contribution in [0.5, 0.6) is 0 Å². The maximum absolute atomic E-state index is 12.7. The van der Waals surface area contributed by atoms with Crippen LogP contribution in [0.2, 0.25) is 0 Å². The zero-order valence-corrected chi connectivity index (χ0v) is 12.4. The molecule has 3 aromatic heterocycles. The summed E-state index contributed by atoms with van der Waals surface area (Å²) in [5.74, 6) is 5.58. The van der Waals surface area contributed by atoms with Crippen molar-refractivity contribution >= 4 is 21.8 Å². The molecule has 2 N–H and O–H groups in total. The minimum atomic E-state index is -0.370. The van der Waals surface area contributed by atoms with E-state index in [0.717, 1.165) is 24.1 Å². The number of nitrogen functional groups attached to an aromatic ring is 1. The van der Waals surface area contributed by atoms with E-state index in [1.54, 1.807) is 29.0 Å². The molecule has 0 aromatic carbocycles. The molecule has 7 nitrogen and oxygen atoms in total. The van der Waals surface area contributed by atoms with Gasteiger partial charge in [0.25, 0.3) is 11.1 Å². The highest BCUT2D eigenvalue weighted by atomic mass is 16.5. The van der Waals surface area contributed by atoms with Gasteiger partial charge in [-0.25, -0.2) is 9.66 Å². The van der Waals surface area contributed by atoms with E-state index in [-0.39, 0.29) is 17.2 Å². The Balaban J connectivity index is 1.91. The highest BCUT2D eigenvalue weighted by Gasteiger charge is 2.17. The Morgan fingerprint density at radius 1 is 1.17 bits per heavy atom. The van der Waals surface area contributed by atoms with E-state index in [1.807, 2.05) is 0 Å². The fourth-order valence-corrected chi connectivity index (χ4v) is 3.03. The number of ether oxygens (including phenoxy) is 1. The molecule has 0 bridgehead atoms. The molecule has 1 unspecified atom stereocenters. The molecule has 1 saturated heterocycles. The molecule has 1 fully saturated rings. The van der Waals surface area contributed by atoms with Crippen molar-refractivity contribution in [2.75, 3.05) is 12.4 Å². The fraction of sp³-hybridized carbons (Fsp3) is 0.312. The Labute approximate surface area is 130 Å². The van der Waals surface area contributed by atoms with Crippen molar-refractivity contribution in [3.05, 3.63) is 51.3 Å². The van der Waals surface area contributed by atoms with E-state index in [0.29, 0.717) is 28.4 Å². The molecule has 0 radical (unpaired) electrons. The van der Waals surface area contributed by atoms with Crippen molar-refractivity contribution in [2.24, 2.45) is 0 Å². The van der Waals surface area contributed by atoms with Gasteiger partial charge in [-0.2, -0.15) is 0 Å². The first-order chi connectivity index (χ1) is 11.1. The molecule has 0 aliphatic carbocycles. The Kier molecular flexibility index (Phi) is 3.16. The van der Waals surface area contributed by atoms with Crippen molar-refractivity contribution in [3.63, 3.8) is 0 Å². The van der Waals surface area contributed by atoms with Gasteiger partial charge in [-0.05, 0) is 31.0 Å². The van der Waals surface area contributed by atoms with Crippen LogP contribution < -0.4 is 17.0 Å². The van der Waals surface area contributed by atoms with Crippen molar-refractivity contribution < 1.29 is 4.74 Å². The van der Waals surface area contributed by atoms with Crippen LogP contribution in [-0.4, -0.2) is 26.9 Å². The summed E-state index contributed by atoms with van der Waals surface area (Å²) in [5.41, 5.74) is 0.561. The summed E-state index contributed by atoms with van der Waals surface area (Å²) in [6.45, 7) is 1.26. The van der Waals surface area contributed by atoms with Gasteiger partial charge in [-0.1, -0.05) is 0 Å². The summed E-state index contributed by atoms with van der Waals surface area (Å²) >= 11 is 0. The minimum Gasteiger partial charge on any atom is -0.376 e. The molecule has 1 atom stereocenters. The number of hydrogen-bond acceptors (Lipinski definition) is 5. The highest BCUT2D eigenvalue weighted by molar-refractivity contribution is 5.91. The summed E-state index contributed by atoms with van der Waals surface area (Å²) in [6.07, 6.45) is 5.24. The van der Waals surface area contributed by atoms with Gasteiger partial charge in [-0.15, -0.1) is 0 Å². The van der Waals surface area contributed by atoms with Gasteiger partial charge in [0.05, 0.1) is 34.5 Å². The van der Waals surface area contributed by atoms with Crippen molar-refractivity contribution in [3.8, 4) is 0 Å². The van der Waals surface area contributed by atoms with E-state index in [9.17, 15) is 9.59 Å². The van der Waals surface area contributed by atoms with E-state index < -0.39 is 0 Å². The Morgan fingerprint density at radius 3 is 2.65 bits per heavy atom. The number of nitrogens with zero attached hydrogens (tertiary/aromatic N) is 3. The maximum Gasteiger partial charge on any atom is 0.278 e. The summed E-state index contributed by atoms with van der Waals surface area (Å²) in [7, 11) is 0. The minimum absolute atomic E-state index is 0.0693. The summed E-state index contributed by atoms with van der Waals surface area (Å²) in [6, 6.07) is 5.03. The lowest BCUT2D eigenvalue weighted by Crippen LogP contribution is -2.28. The van der Waals surface area contributed by atoms with E-state index in [1.165, 1.54) is 6.20 Å². The molecular weight excluding hydrogens is 296 g/mol. The second kappa shape index (κ2) is 5.20. The Bertz CT molecular complexity index is 1020. The molecule has 1 aliphatic heterocycles. The van der Waals surface area contributed by atoms with E-state index in [2.05, 4.69) is 4.98 Å². The second-order valence-corrected chi connectivity index (χ2v) is 5.79. The van der Waals surface area contributed by atoms with E-state index >= 15 is 0 Å². The fourth-order valence-electron chi connectivity index (χ4n) is 3.03. The van der Waals surface area contributed by atoms with Crippen molar-refractivity contribution in [1.29, 1.82) is 0 Å². The molecule has 0 amide bonds. The first-order valence-corrected chi connectivity index (χ1v) is 7.56. The van der Waals surface area contributed by atoms with E-state index in [4.69, 9.17) is 10.6 Å². The number of pyridine rings is 3. The Morgan fingerprint density at radius 2 is 1.91 bits per heavy atom. The zero-order valence-electron chi connectivity index (χ0n) is 12.4. The molecule has 0 spiro atoms. The molecule has 23 heavy (non-hydrogen) atoms. The third kappa shape index (κ3) is 2.29. The number of fused-ring (bicyclic) bond motifs is 2. The SMILES string of the molecule is Nn1ccc2nc3ccn(CC4CCCO4)c(=O)c3cc2c1=O. The summed E-state index contributed by atoms with van der Waals surface area (Å²) < 4.78 is 8.19. The van der Waals surface area contributed by atoms with Gasteiger partial charge in [-0.3, -0.25) is 9.59 Å². The van der Waals surface area contributed by atoms with Gasteiger partial charge in [0.1, 0.15) is 0 Å². The number of nitrogens with two attached hydrogens (primary N) is 1. The lowest BCUT2D eigenvalue weighted by Gasteiger charge is -2.12. The van der Waals surface area contributed by atoms with Gasteiger partial charge in [0.2, 0.25) is 0 Å². The van der Waals surface area contributed by atoms with Crippen LogP contribution in [0.3, 0.4) is 0 Å². The van der Waals surface area contributed by atoms with Gasteiger partial charge >= 0.3 is 0 Å². The van der Waals surface area contributed by atoms with Gasteiger partial charge in [0, 0.05) is 19.0 Å². The Hall–Kier alpha value is -2.67. The lowest BCUT2D eigenvalue weighted by atomic mass is 10.2. The normalized spacial score (nSPS) is 18.0. The molecular formula is C16H16N4O3. The predicted octanol–water partition coefficient (Wildman–Crippen LogP) is 0.604. The number of hydrogen-bond donors (Lipinski definition) is 1. The lowest BCUT2D eigenvalue weighted by molar-refractivity contribution is 0.0963. The molecule has 7 heteroatoms. The maximum atomic E-state index is 12.7. The van der Waals surface area contributed by atoms with Crippen molar-refractivity contribution in [2.45, 2.75) is 25.5 Å². The van der Waals surface area contributed by atoms with Crippen LogP contribution in [0.4, 0.5) is 0 Å². The smallest absolute Gasteiger partial charge is 0.278 e. The molecule has 1 aliphatic rings. The molecule has 3 aromatic rings.